The molecule has 2 amide bonds. The van der Waals surface area contributed by atoms with Crippen LogP contribution in [0.5, 0.6) is 0 Å². The molecular weight excluding hydrogens is 314 g/mol. The molecule has 0 bridgehead atoms. The third-order valence-corrected chi connectivity index (χ3v) is 4.30. The average molecular weight is 341 g/mol. The van der Waals surface area contributed by atoms with E-state index in [0.29, 0.717) is 12.6 Å². The van der Waals surface area contributed by atoms with Crippen molar-refractivity contribution in [3.8, 4) is 11.4 Å². The van der Waals surface area contributed by atoms with E-state index in [1.54, 1.807) is 6.20 Å². The van der Waals surface area contributed by atoms with Gasteiger partial charge in [0.25, 0.3) is 0 Å². The van der Waals surface area contributed by atoms with E-state index in [4.69, 9.17) is 5.10 Å². The molecule has 2 aromatic rings. The van der Waals surface area contributed by atoms with Crippen LogP contribution in [0.1, 0.15) is 58.2 Å². The van der Waals surface area contributed by atoms with E-state index in [-0.39, 0.29) is 11.6 Å². The van der Waals surface area contributed by atoms with Crippen LogP contribution < -0.4 is 10.6 Å². The van der Waals surface area contributed by atoms with Crippen LogP contribution in [0.3, 0.4) is 0 Å². The summed E-state index contributed by atoms with van der Waals surface area (Å²) in [7, 11) is 0. The second kappa shape index (κ2) is 7.25. The summed E-state index contributed by atoms with van der Waals surface area (Å²) >= 11 is 0. The lowest BCUT2D eigenvalue weighted by molar-refractivity contribution is 0.231. The van der Waals surface area contributed by atoms with Crippen LogP contribution in [0, 0.1) is 0 Å². The van der Waals surface area contributed by atoms with Gasteiger partial charge in [-0.05, 0) is 51.8 Å². The highest BCUT2D eigenvalue weighted by Crippen LogP contribution is 2.33. The van der Waals surface area contributed by atoms with Crippen molar-refractivity contribution in [3.63, 3.8) is 0 Å². The summed E-state index contributed by atoms with van der Waals surface area (Å²) in [6.07, 6.45) is 6.59. The monoisotopic (exact) mass is 341 g/mol. The van der Waals surface area contributed by atoms with Gasteiger partial charge in [-0.3, -0.25) is 9.67 Å². The highest BCUT2D eigenvalue weighted by molar-refractivity contribution is 5.74. The Morgan fingerprint density at radius 3 is 2.68 bits per heavy atom. The molecule has 6 nitrogen and oxygen atoms in total. The summed E-state index contributed by atoms with van der Waals surface area (Å²) in [5, 5.41) is 10.6. The Morgan fingerprint density at radius 1 is 1.28 bits per heavy atom. The second-order valence-corrected chi connectivity index (χ2v) is 7.68. The van der Waals surface area contributed by atoms with Crippen molar-refractivity contribution in [1.29, 1.82) is 0 Å². The minimum Gasteiger partial charge on any atom is -0.334 e. The molecule has 3 rings (SSSR count). The lowest BCUT2D eigenvalue weighted by Crippen LogP contribution is -2.46. The molecule has 1 aliphatic rings. The molecule has 0 unspecified atom stereocenters. The van der Waals surface area contributed by atoms with Crippen molar-refractivity contribution in [3.05, 3.63) is 36.2 Å². The van der Waals surface area contributed by atoms with Gasteiger partial charge in [0, 0.05) is 11.7 Å². The smallest absolute Gasteiger partial charge is 0.315 e. The third-order valence-electron chi connectivity index (χ3n) is 4.30. The van der Waals surface area contributed by atoms with Gasteiger partial charge < -0.3 is 10.6 Å². The Hall–Kier alpha value is -2.37. The number of nitrogens with one attached hydrogen (secondary N) is 2. The Balaban J connectivity index is 1.78. The van der Waals surface area contributed by atoms with Crippen LogP contribution in [0.4, 0.5) is 4.79 Å². The predicted molar refractivity (Wildman–Crippen MR) is 98.1 cm³/mol. The van der Waals surface area contributed by atoms with Gasteiger partial charge >= 0.3 is 6.03 Å². The molecular formula is C19H27N5O. The quantitative estimate of drug-likeness (QED) is 0.891. The zero-order valence-corrected chi connectivity index (χ0v) is 15.2. The maximum Gasteiger partial charge on any atom is 0.315 e. The second-order valence-electron chi connectivity index (χ2n) is 7.68. The molecule has 0 spiro atoms. The van der Waals surface area contributed by atoms with E-state index >= 15 is 0 Å². The minimum atomic E-state index is -0.258. The number of hydrogen-bond acceptors (Lipinski definition) is 3. The molecule has 6 heteroatoms. The molecule has 0 atom stereocenters. The fourth-order valence-corrected chi connectivity index (χ4v) is 3.22. The van der Waals surface area contributed by atoms with Crippen molar-refractivity contribution < 1.29 is 4.79 Å². The molecule has 134 valence electrons. The average Bonchev–Trinajstić information content (AvgIpc) is 3.21. The van der Waals surface area contributed by atoms with Gasteiger partial charge in [-0.15, -0.1) is 0 Å². The number of nitrogens with zero attached hydrogens (tertiary/aromatic N) is 3. The summed E-state index contributed by atoms with van der Waals surface area (Å²) in [4.78, 5) is 16.5. The minimum absolute atomic E-state index is 0.178. The first-order chi connectivity index (χ1) is 11.9. The Labute approximate surface area is 149 Å². The molecule has 1 saturated carbocycles. The number of aromatic nitrogens is 3. The van der Waals surface area contributed by atoms with Gasteiger partial charge in [-0.2, -0.15) is 5.10 Å². The molecule has 1 fully saturated rings. The normalized spacial score (nSPS) is 15.3. The number of carbonyl (C=O) groups excluding carboxylic acids is 1. The highest BCUT2D eigenvalue weighted by Gasteiger charge is 2.22. The molecule has 1 aliphatic carbocycles. The molecule has 0 saturated heterocycles. The number of urea groups is 1. The maximum atomic E-state index is 12.0. The van der Waals surface area contributed by atoms with Crippen molar-refractivity contribution in [1.82, 2.24) is 25.4 Å². The fraction of sp³-hybridized carbons (Fsp3) is 0.526. The first-order valence-corrected chi connectivity index (χ1v) is 8.98. The van der Waals surface area contributed by atoms with Crippen molar-refractivity contribution >= 4 is 6.03 Å². The van der Waals surface area contributed by atoms with E-state index in [0.717, 1.165) is 29.9 Å². The van der Waals surface area contributed by atoms with Gasteiger partial charge in [-0.25, -0.2) is 4.79 Å². The third kappa shape index (κ3) is 4.59. The van der Waals surface area contributed by atoms with Crippen LogP contribution in [-0.2, 0) is 6.54 Å². The summed E-state index contributed by atoms with van der Waals surface area (Å²) in [5.74, 6) is 0. The number of amides is 2. The zero-order chi connectivity index (χ0) is 17.9. The topological polar surface area (TPSA) is 71.8 Å². The van der Waals surface area contributed by atoms with Crippen molar-refractivity contribution in [2.75, 3.05) is 0 Å². The lowest BCUT2D eigenvalue weighted by Gasteiger charge is -2.20. The molecule has 0 radical (unpaired) electrons. The van der Waals surface area contributed by atoms with Crippen LogP contribution >= 0.6 is 0 Å². The summed E-state index contributed by atoms with van der Waals surface area (Å²) in [5.41, 5.74) is 2.55. The van der Waals surface area contributed by atoms with E-state index < -0.39 is 0 Å². The van der Waals surface area contributed by atoms with Gasteiger partial charge in [-0.1, -0.05) is 18.9 Å². The first kappa shape index (κ1) is 17.5. The van der Waals surface area contributed by atoms with Crippen LogP contribution in [0.25, 0.3) is 11.4 Å². The predicted octanol–water partition coefficient (Wildman–Crippen LogP) is 3.66. The van der Waals surface area contributed by atoms with E-state index in [1.165, 1.54) is 12.8 Å². The molecule has 0 aliphatic heterocycles. The Kier molecular flexibility index (Phi) is 5.06. The summed E-state index contributed by atoms with van der Waals surface area (Å²) in [6, 6.07) is 8.20. The zero-order valence-electron chi connectivity index (χ0n) is 15.2. The molecule has 2 heterocycles. The van der Waals surface area contributed by atoms with Crippen LogP contribution in [0.15, 0.2) is 30.5 Å². The van der Waals surface area contributed by atoms with E-state index in [2.05, 4.69) is 20.3 Å². The van der Waals surface area contributed by atoms with Crippen molar-refractivity contribution in [2.24, 2.45) is 0 Å². The van der Waals surface area contributed by atoms with Crippen LogP contribution in [0.2, 0.25) is 0 Å². The Bertz CT molecular complexity index is 711. The molecule has 2 N–H and O–H groups in total. The SMILES string of the molecule is CC(C)(C)NC(=O)NCc1cc(-c2ccccn2)n(C2CCCC2)n1. The number of carbonyl (C=O) groups is 1. The highest BCUT2D eigenvalue weighted by atomic mass is 16.2. The van der Waals surface area contributed by atoms with Crippen LogP contribution in [-0.4, -0.2) is 26.3 Å². The number of hydrogen-bond donors (Lipinski definition) is 2. The molecule has 0 aromatic carbocycles. The van der Waals surface area contributed by atoms with E-state index in [9.17, 15) is 4.79 Å². The summed E-state index contributed by atoms with van der Waals surface area (Å²) < 4.78 is 2.11. The first-order valence-electron chi connectivity index (χ1n) is 8.98. The fourth-order valence-electron chi connectivity index (χ4n) is 3.22. The van der Waals surface area contributed by atoms with E-state index in [1.807, 2.05) is 45.0 Å². The summed E-state index contributed by atoms with van der Waals surface area (Å²) in [6.45, 7) is 6.28. The maximum absolute atomic E-state index is 12.0. The molecule has 2 aromatic heterocycles. The standard InChI is InChI=1S/C19H27N5O/c1-19(2,3)22-18(25)21-13-14-12-17(16-10-6-7-11-20-16)24(23-14)15-8-4-5-9-15/h6-7,10-12,15H,4-5,8-9,13H2,1-3H3,(H2,21,22,25). The van der Waals surface area contributed by atoms with Gasteiger partial charge in [0.2, 0.25) is 0 Å². The number of pyridine rings is 1. The lowest BCUT2D eigenvalue weighted by atomic mass is 10.1. The largest absolute Gasteiger partial charge is 0.334 e. The number of rotatable bonds is 4. The van der Waals surface area contributed by atoms with Gasteiger partial charge in [0.05, 0.1) is 29.7 Å². The van der Waals surface area contributed by atoms with Gasteiger partial charge in [0.1, 0.15) is 0 Å². The molecule has 25 heavy (non-hydrogen) atoms. The van der Waals surface area contributed by atoms with Gasteiger partial charge in [0.15, 0.2) is 0 Å². The Morgan fingerprint density at radius 2 is 2.04 bits per heavy atom. The van der Waals surface area contributed by atoms with Crippen molar-refractivity contribution in [2.45, 2.75) is 64.6 Å².